The summed E-state index contributed by atoms with van der Waals surface area (Å²) in [5, 5.41) is 9.09. The van der Waals surface area contributed by atoms with Crippen LogP contribution in [0, 0.1) is 0 Å². The smallest absolute Gasteiger partial charge is 0.337 e. The van der Waals surface area contributed by atoms with E-state index in [1.54, 1.807) is 6.92 Å². The summed E-state index contributed by atoms with van der Waals surface area (Å²) in [7, 11) is -3.74. The van der Waals surface area contributed by atoms with Crippen molar-refractivity contribution in [3.05, 3.63) is 27.2 Å². The Morgan fingerprint density at radius 2 is 2.00 bits per heavy atom. The van der Waals surface area contributed by atoms with Crippen LogP contribution < -0.4 is 0 Å². The van der Waals surface area contributed by atoms with Crippen LogP contribution in [0.25, 0.3) is 0 Å². The Balaban J connectivity index is 3.34. The van der Waals surface area contributed by atoms with Crippen molar-refractivity contribution in [1.82, 2.24) is 4.31 Å². The van der Waals surface area contributed by atoms with Crippen LogP contribution in [0.5, 0.6) is 0 Å². The highest BCUT2D eigenvalue weighted by Crippen LogP contribution is 2.31. The molecule has 0 amide bonds. The molecular weight excluding hydrogens is 382 g/mol. The molecule has 0 atom stereocenters. The maximum absolute atomic E-state index is 12.6. The van der Waals surface area contributed by atoms with Gasteiger partial charge in [0.2, 0.25) is 10.0 Å². The quantitative estimate of drug-likeness (QED) is 0.761. The number of halogens is 2. The molecule has 8 heteroatoms. The van der Waals surface area contributed by atoms with Gasteiger partial charge >= 0.3 is 5.97 Å². The molecule has 0 aliphatic carbocycles. The first kappa shape index (κ1) is 18.4. The third-order valence-electron chi connectivity index (χ3n) is 2.98. The molecule has 0 aromatic heterocycles. The molecule has 1 N–H and O–H groups in total. The van der Waals surface area contributed by atoms with Crippen LogP contribution in [-0.2, 0) is 10.0 Å². The predicted octanol–water partition coefficient (Wildman–Crippen LogP) is 3.61. The minimum absolute atomic E-state index is 0.0157. The van der Waals surface area contributed by atoms with Crippen LogP contribution in [0.15, 0.2) is 21.5 Å². The number of benzene rings is 1. The fraction of sp³-hybridized carbons (Fsp3) is 0.462. The van der Waals surface area contributed by atoms with E-state index in [1.807, 2.05) is 6.92 Å². The minimum atomic E-state index is -3.74. The number of hydrogen-bond donors (Lipinski definition) is 1. The molecular formula is C13H17BrClNO4S. The number of nitrogens with zero attached hydrogens (tertiary/aromatic N) is 1. The van der Waals surface area contributed by atoms with Crippen LogP contribution in [0.2, 0.25) is 5.02 Å². The van der Waals surface area contributed by atoms with Crippen LogP contribution in [0.4, 0.5) is 0 Å². The summed E-state index contributed by atoms with van der Waals surface area (Å²) in [6.07, 6.45) is 1.62. The zero-order valence-corrected chi connectivity index (χ0v) is 14.9. The topological polar surface area (TPSA) is 74.7 Å². The Morgan fingerprint density at radius 1 is 1.38 bits per heavy atom. The van der Waals surface area contributed by atoms with Gasteiger partial charge in [-0.2, -0.15) is 4.31 Å². The fourth-order valence-electron chi connectivity index (χ4n) is 1.80. The van der Waals surface area contributed by atoms with Crippen LogP contribution in [0.3, 0.4) is 0 Å². The number of sulfonamides is 1. The van der Waals surface area contributed by atoms with Crippen molar-refractivity contribution in [2.75, 3.05) is 13.1 Å². The van der Waals surface area contributed by atoms with Gasteiger partial charge in [0.25, 0.3) is 0 Å². The summed E-state index contributed by atoms with van der Waals surface area (Å²) in [5.41, 5.74) is -0.240. The molecule has 0 heterocycles. The molecule has 21 heavy (non-hydrogen) atoms. The van der Waals surface area contributed by atoms with E-state index in [9.17, 15) is 13.2 Å². The lowest BCUT2D eigenvalue weighted by Crippen LogP contribution is -2.32. The number of unbranched alkanes of at least 4 members (excludes halogenated alkanes) is 1. The molecule has 0 saturated carbocycles. The van der Waals surface area contributed by atoms with Gasteiger partial charge in [0.1, 0.15) is 0 Å². The molecule has 0 aliphatic rings. The first-order valence-corrected chi connectivity index (χ1v) is 9.09. The second-order valence-electron chi connectivity index (χ2n) is 4.42. The summed E-state index contributed by atoms with van der Waals surface area (Å²) in [6, 6.07) is 2.43. The van der Waals surface area contributed by atoms with Crippen molar-refractivity contribution in [3.8, 4) is 0 Å². The standard InChI is InChI=1S/C13H17BrClNO4S/c1-3-5-6-16(4-2)21(19,20)9-7-10(13(17)18)12(15)11(14)8-9/h7-8H,3-6H2,1-2H3,(H,17,18). The average Bonchev–Trinajstić information content (AvgIpc) is 2.41. The minimum Gasteiger partial charge on any atom is -0.478 e. The molecule has 0 radical (unpaired) electrons. The number of aromatic carboxylic acids is 1. The highest BCUT2D eigenvalue weighted by Gasteiger charge is 2.25. The van der Waals surface area contributed by atoms with Gasteiger partial charge in [0, 0.05) is 17.6 Å². The Bertz CT molecular complexity index is 633. The van der Waals surface area contributed by atoms with Gasteiger partial charge in [-0.15, -0.1) is 0 Å². The van der Waals surface area contributed by atoms with Gasteiger partial charge in [-0.3, -0.25) is 0 Å². The van der Waals surface area contributed by atoms with Crippen molar-refractivity contribution in [1.29, 1.82) is 0 Å². The number of hydrogen-bond acceptors (Lipinski definition) is 3. The predicted molar refractivity (Wildman–Crippen MR) is 85.5 cm³/mol. The number of carboxylic acids is 1. The lowest BCUT2D eigenvalue weighted by Gasteiger charge is -2.20. The van der Waals surface area contributed by atoms with Crippen molar-refractivity contribution in [3.63, 3.8) is 0 Å². The van der Waals surface area contributed by atoms with Crippen molar-refractivity contribution in [2.45, 2.75) is 31.6 Å². The summed E-state index contributed by atoms with van der Waals surface area (Å²) in [5.74, 6) is -1.27. The van der Waals surface area contributed by atoms with Crippen molar-refractivity contribution in [2.24, 2.45) is 0 Å². The second-order valence-corrected chi connectivity index (χ2v) is 7.59. The molecule has 1 aromatic rings. The zero-order chi connectivity index (χ0) is 16.2. The largest absolute Gasteiger partial charge is 0.478 e. The van der Waals surface area contributed by atoms with E-state index < -0.39 is 16.0 Å². The Kier molecular flexibility index (Phi) is 6.65. The van der Waals surface area contributed by atoms with E-state index in [1.165, 1.54) is 10.4 Å². The third-order valence-corrected chi connectivity index (χ3v) is 6.20. The molecule has 0 bridgehead atoms. The maximum atomic E-state index is 12.6. The van der Waals surface area contributed by atoms with Crippen LogP contribution in [-0.4, -0.2) is 36.9 Å². The number of carbonyl (C=O) groups is 1. The molecule has 0 spiro atoms. The molecule has 0 unspecified atom stereocenters. The summed E-state index contributed by atoms with van der Waals surface area (Å²) in [6.45, 7) is 4.45. The Hall–Kier alpha value is -0.630. The van der Waals surface area contributed by atoms with Gasteiger partial charge in [-0.05, 0) is 34.5 Å². The van der Waals surface area contributed by atoms with E-state index in [0.29, 0.717) is 13.1 Å². The van der Waals surface area contributed by atoms with Crippen LogP contribution in [0.1, 0.15) is 37.0 Å². The number of rotatable bonds is 7. The molecule has 118 valence electrons. The highest BCUT2D eigenvalue weighted by atomic mass is 79.9. The van der Waals surface area contributed by atoms with Gasteiger partial charge in [-0.25, -0.2) is 13.2 Å². The van der Waals surface area contributed by atoms with Gasteiger partial charge in [-0.1, -0.05) is 31.9 Å². The van der Waals surface area contributed by atoms with E-state index in [4.69, 9.17) is 16.7 Å². The average molecular weight is 399 g/mol. The first-order valence-electron chi connectivity index (χ1n) is 6.48. The Morgan fingerprint density at radius 3 is 2.48 bits per heavy atom. The summed E-state index contributed by atoms with van der Waals surface area (Å²) in [4.78, 5) is 11.1. The summed E-state index contributed by atoms with van der Waals surface area (Å²) < 4.78 is 26.7. The van der Waals surface area contributed by atoms with Crippen molar-refractivity contribution >= 4 is 43.5 Å². The third kappa shape index (κ3) is 4.18. The maximum Gasteiger partial charge on any atom is 0.337 e. The molecule has 1 rings (SSSR count). The fourth-order valence-corrected chi connectivity index (χ4v) is 4.14. The SMILES string of the molecule is CCCCN(CC)S(=O)(=O)c1cc(Br)c(Cl)c(C(=O)O)c1. The molecule has 0 aliphatic heterocycles. The molecule has 5 nitrogen and oxygen atoms in total. The lowest BCUT2D eigenvalue weighted by atomic mass is 10.2. The molecule has 0 fully saturated rings. The van der Waals surface area contributed by atoms with E-state index >= 15 is 0 Å². The van der Waals surface area contributed by atoms with Crippen LogP contribution >= 0.6 is 27.5 Å². The molecule has 0 saturated heterocycles. The second kappa shape index (κ2) is 7.58. The Labute approximate surface area is 138 Å². The van der Waals surface area contributed by atoms with E-state index in [0.717, 1.165) is 18.9 Å². The highest BCUT2D eigenvalue weighted by molar-refractivity contribution is 9.10. The molecule has 1 aromatic carbocycles. The monoisotopic (exact) mass is 397 g/mol. The van der Waals surface area contributed by atoms with Crippen molar-refractivity contribution < 1.29 is 18.3 Å². The zero-order valence-electron chi connectivity index (χ0n) is 11.8. The normalized spacial score (nSPS) is 11.9. The van der Waals surface area contributed by atoms with Gasteiger partial charge in [0.15, 0.2) is 0 Å². The summed E-state index contributed by atoms with van der Waals surface area (Å²) >= 11 is 8.97. The lowest BCUT2D eigenvalue weighted by molar-refractivity contribution is 0.0696. The van der Waals surface area contributed by atoms with Gasteiger partial charge in [0.05, 0.1) is 15.5 Å². The first-order chi connectivity index (χ1) is 9.75. The van der Waals surface area contributed by atoms with E-state index in [2.05, 4.69) is 15.9 Å². The number of carboxylic acid groups (broad SMARTS) is 1. The van der Waals surface area contributed by atoms with E-state index in [-0.39, 0.29) is 20.0 Å². The van der Waals surface area contributed by atoms with Gasteiger partial charge < -0.3 is 5.11 Å².